The van der Waals surface area contributed by atoms with E-state index in [0.29, 0.717) is 5.52 Å². The molecule has 0 aliphatic heterocycles. The van der Waals surface area contributed by atoms with E-state index in [4.69, 9.17) is 0 Å². The summed E-state index contributed by atoms with van der Waals surface area (Å²) in [5.41, 5.74) is 1.77. The molecule has 0 saturated heterocycles. The third kappa shape index (κ3) is 2.28. The zero-order valence-electron chi connectivity index (χ0n) is 11.7. The first kappa shape index (κ1) is 13.1. The SMILES string of the molecule is CC1(Cn2nnc3c(C(=O)O)cccc32)CCCCC1. The number of carbonyl (C=O) groups is 1. The summed E-state index contributed by atoms with van der Waals surface area (Å²) in [6, 6.07) is 5.23. The lowest BCUT2D eigenvalue weighted by Gasteiger charge is -2.33. The van der Waals surface area contributed by atoms with Crippen molar-refractivity contribution in [2.45, 2.75) is 45.6 Å². The minimum atomic E-state index is -0.952. The molecule has 1 aromatic heterocycles. The topological polar surface area (TPSA) is 68.0 Å². The van der Waals surface area contributed by atoms with Crippen LogP contribution in [0.1, 0.15) is 49.4 Å². The molecular formula is C15H19N3O2. The Balaban J connectivity index is 1.96. The summed E-state index contributed by atoms with van der Waals surface area (Å²) in [4.78, 5) is 11.2. The first-order chi connectivity index (χ1) is 9.59. The van der Waals surface area contributed by atoms with Gasteiger partial charge in [-0.25, -0.2) is 9.48 Å². The molecule has 1 aliphatic rings. The molecule has 1 N–H and O–H groups in total. The van der Waals surface area contributed by atoms with E-state index in [1.165, 1.54) is 32.1 Å². The molecule has 1 heterocycles. The first-order valence-electron chi connectivity index (χ1n) is 7.15. The van der Waals surface area contributed by atoms with Gasteiger partial charge in [-0.15, -0.1) is 5.10 Å². The summed E-state index contributed by atoms with van der Waals surface area (Å²) >= 11 is 0. The monoisotopic (exact) mass is 273 g/mol. The van der Waals surface area contributed by atoms with Crippen molar-refractivity contribution in [2.75, 3.05) is 0 Å². The molecule has 2 aromatic rings. The molecule has 106 valence electrons. The van der Waals surface area contributed by atoms with Gasteiger partial charge < -0.3 is 5.11 Å². The number of nitrogens with zero attached hydrogens (tertiary/aromatic N) is 3. The lowest BCUT2D eigenvalue weighted by Crippen LogP contribution is -2.26. The second-order valence-corrected chi connectivity index (χ2v) is 6.10. The highest BCUT2D eigenvalue weighted by atomic mass is 16.4. The number of carboxylic acids is 1. The molecular weight excluding hydrogens is 254 g/mol. The van der Waals surface area contributed by atoms with Crippen molar-refractivity contribution in [1.82, 2.24) is 15.0 Å². The van der Waals surface area contributed by atoms with Crippen LogP contribution in [0.25, 0.3) is 11.0 Å². The van der Waals surface area contributed by atoms with Crippen LogP contribution in [0.5, 0.6) is 0 Å². The lowest BCUT2D eigenvalue weighted by molar-refractivity contribution is 0.0699. The maximum Gasteiger partial charge on any atom is 0.338 e. The predicted octanol–water partition coefficient (Wildman–Crippen LogP) is 3.10. The zero-order chi connectivity index (χ0) is 14.2. The van der Waals surface area contributed by atoms with E-state index in [2.05, 4.69) is 17.2 Å². The van der Waals surface area contributed by atoms with E-state index in [1.54, 1.807) is 12.1 Å². The summed E-state index contributed by atoms with van der Waals surface area (Å²) < 4.78 is 1.87. The molecule has 20 heavy (non-hydrogen) atoms. The van der Waals surface area contributed by atoms with Crippen LogP contribution in [-0.4, -0.2) is 26.1 Å². The Morgan fingerprint density at radius 2 is 2.10 bits per heavy atom. The van der Waals surface area contributed by atoms with Crippen LogP contribution in [0, 0.1) is 5.41 Å². The zero-order valence-corrected chi connectivity index (χ0v) is 11.7. The fourth-order valence-electron chi connectivity index (χ4n) is 3.21. The molecule has 0 bridgehead atoms. The minimum Gasteiger partial charge on any atom is -0.478 e. The molecule has 5 nitrogen and oxygen atoms in total. The summed E-state index contributed by atoms with van der Waals surface area (Å²) in [6.45, 7) is 3.10. The minimum absolute atomic E-state index is 0.225. The van der Waals surface area contributed by atoms with E-state index in [0.717, 1.165) is 12.1 Å². The second-order valence-electron chi connectivity index (χ2n) is 6.10. The quantitative estimate of drug-likeness (QED) is 0.933. The molecule has 5 heteroatoms. The molecule has 1 aliphatic carbocycles. The highest BCUT2D eigenvalue weighted by Crippen LogP contribution is 2.37. The first-order valence-corrected chi connectivity index (χ1v) is 7.15. The van der Waals surface area contributed by atoms with Crippen LogP contribution in [0.3, 0.4) is 0 Å². The van der Waals surface area contributed by atoms with Crippen molar-refractivity contribution >= 4 is 17.0 Å². The molecule has 3 rings (SSSR count). The van der Waals surface area contributed by atoms with Gasteiger partial charge in [0, 0.05) is 6.54 Å². The third-order valence-electron chi connectivity index (χ3n) is 4.37. The maximum atomic E-state index is 11.2. The summed E-state index contributed by atoms with van der Waals surface area (Å²) in [5, 5.41) is 17.4. The van der Waals surface area contributed by atoms with Crippen LogP contribution in [0.4, 0.5) is 0 Å². The molecule has 0 amide bonds. The number of aromatic nitrogens is 3. The molecule has 0 unspecified atom stereocenters. The highest BCUT2D eigenvalue weighted by molar-refractivity contribution is 6.00. The number of fused-ring (bicyclic) bond motifs is 1. The van der Waals surface area contributed by atoms with Gasteiger partial charge in [0.25, 0.3) is 0 Å². The molecule has 0 spiro atoms. The van der Waals surface area contributed by atoms with E-state index in [9.17, 15) is 9.90 Å². The van der Waals surface area contributed by atoms with Crippen LogP contribution in [-0.2, 0) is 6.54 Å². The van der Waals surface area contributed by atoms with Crippen molar-refractivity contribution in [2.24, 2.45) is 5.41 Å². The fraction of sp³-hybridized carbons (Fsp3) is 0.533. The van der Waals surface area contributed by atoms with Gasteiger partial charge in [-0.3, -0.25) is 0 Å². The van der Waals surface area contributed by atoms with Crippen LogP contribution in [0.2, 0.25) is 0 Å². The van der Waals surface area contributed by atoms with Crippen molar-refractivity contribution < 1.29 is 9.90 Å². The molecule has 1 fully saturated rings. The van der Waals surface area contributed by atoms with Gasteiger partial charge in [0.2, 0.25) is 0 Å². The van der Waals surface area contributed by atoms with Gasteiger partial charge in [0.05, 0.1) is 11.1 Å². The fourth-order valence-corrected chi connectivity index (χ4v) is 3.21. The summed E-state index contributed by atoms with van der Waals surface area (Å²) in [7, 11) is 0. The van der Waals surface area contributed by atoms with Gasteiger partial charge >= 0.3 is 5.97 Å². The molecule has 1 saturated carbocycles. The van der Waals surface area contributed by atoms with Gasteiger partial charge in [-0.05, 0) is 30.4 Å². The molecule has 0 atom stereocenters. The predicted molar refractivity (Wildman–Crippen MR) is 75.7 cm³/mol. The van der Waals surface area contributed by atoms with E-state index >= 15 is 0 Å². The number of hydrogen-bond acceptors (Lipinski definition) is 3. The van der Waals surface area contributed by atoms with Crippen molar-refractivity contribution in [1.29, 1.82) is 0 Å². The second kappa shape index (κ2) is 4.89. The average molecular weight is 273 g/mol. The van der Waals surface area contributed by atoms with Crippen molar-refractivity contribution in [3.05, 3.63) is 23.8 Å². The highest BCUT2D eigenvalue weighted by Gasteiger charge is 2.28. The number of aromatic carboxylic acids is 1. The van der Waals surface area contributed by atoms with E-state index in [-0.39, 0.29) is 11.0 Å². The Bertz CT molecular complexity index is 642. The third-order valence-corrected chi connectivity index (χ3v) is 4.37. The number of carboxylic acid groups (broad SMARTS) is 1. The van der Waals surface area contributed by atoms with Gasteiger partial charge in [-0.1, -0.05) is 37.5 Å². The van der Waals surface area contributed by atoms with Gasteiger partial charge in [0.1, 0.15) is 5.52 Å². The van der Waals surface area contributed by atoms with E-state index < -0.39 is 5.97 Å². The maximum absolute atomic E-state index is 11.2. The van der Waals surface area contributed by atoms with Crippen LogP contribution < -0.4 is 0 Å². The van der Waals surface area contributed by atoms with Crippen molar-refractivity contribution in [3.63, 3.8) is 0 Å². The molecule has 0 radical (unpaired) electrons. The van der Waals surface area contributed by atoms with Crippen molar-refractivity contribution in [3.8, 4) is 0 Å². The Morgan fingerprint density at radius 3 is 2.80 bits per heavy atom. The number of hydrogen-bond donors (Lipinski definition) is 1. The van der Waals surface area contributed by atoms with E-state index in [1.807, 2.05) is 10.7 Å². The Labute approximate surface area is 117 Å². The Kier molecular flexibility index (Phi) is 3.20. The number of benzene rings is 1. The van der Waals surface area contributed by atoms with Gasteiger partial charge in [-0.2, -0.15) is 0 Å². The Morgan fingerprint density at radius 1 is 1.35 bits per heavy atom. The summed E-state index contributed by atoms with van der Waals surface area (Å²) in [6.07, 6.45) is 6.25. The Hall–Kier alpha value is -1.91. The normalized spacial score (nSPS) is 18.2. The number of rotatable bonds is 3. The smallest absolute Gasteiger partial charge is 0.338 e. The van der Waals surface area contributed by atoms with Gasteiger partial charge in [0.15, 0.2) is 0 Å². The van der Waals surface area contributed by atoms with Crippen LogP contribution >= 0.6 is 0 Å². The average Bonchev–Trinajstić information content (AvgIpc) is 2.82. The largest absolute Gasteiger partial charge is 0.478 e. The van der Waals surface area contributed by atoms with Crippen LogP contribution in [0.15, 0.2) is 18.2 Å². The lowest BCUT2D eigenvalue weighted by atomic mass is 9.76. The standard InChI is InChI=1S/C15H19N3O2/c1-15(8-3-2-4-9-15)10-18-12-7-5-6-11(14(19)20)13(12)16-17-18/h5-7H,2-4,8-10H2,1H3,(H,19,20). The summed E-state index contributed by atoms with van der Waals surface area (Å²) in [5.74, 6) is -0.952. The molecule has 1 aromatic carbocycles.